The number of anilines is 1. The average Bonchev–Trinajstić information content (AvgIpc) is 2.77. The van der Waals surface area contributed by atoms with Gasteiger partial charge in [0.25, 0.3) is 0 Å². The van der Waals surface area contributed by atoms with Crippen molar-refractivity contribution in [3.8, 4) is 5.75 Å². The third-order valence-corrected chi connectivity index (χ3v) is 5.78. The van der Waals surface area contributed by atoms with Gasteiger partial charge in [0.1, 0.15) is 11.1 Å². The third kappa shape index (κ3) is 2.22. The molecule has 0 amide bonds. The van der Waals surface area contributed by atoms with Crippen molar-refractivity contribution in [1.29, 1.82) is 0 Å². The summed E-state index contributed by atoms with van der Waals surface area (Å²) in [5.41, 5.74) is 4.29. The molecule has 27 heavy (non-hydrogen) atoms. The van der Waals surface area contributed by atoms with Gasteiger partial charge in [-0.05, 0) is 33.1 Å². The largest absolute Gasteiger partial charge is 0.488 e. The molecule has 1 fully saturated rings. The van der Waals surface area contributed by atoms with Crippen LogP contribution in [-0.4, -0.2) is 23.8 Å². The SMILES string of the molecule is CCOC(=O)c1c(C)n2c3c(c(F)c(F)c(N)c3c1=O)OCCC21CCC1. The fraction of sp³-hybridized carbons (Fsp3) is 0.474. The smallest absolute Gasteiger partial charge is 0.343 e. The molecule has 1 saturated carbocycles. The van der Waals surface area contributed by atoms with E-state index in [4.69, 9.17) is 15.2 Å². The Morgan fingerprint density at radius 1 is 1.30 bits per heavy atom. The first-order valence-electron chi connectivity index (χ1n) is 9.00. The van der Waals surface area contributed by atoms with E-state index in [1.54, 1.807) is 18.4 Å². The highest BCUT2D eigenvalue weighted by Crippen LogP contribution is 2.49. The van der Waals surface area contributed by atoms with Gasteiger partial charge in [-0.2, -0.15) is 4.39 Å². The number of nitrogen functional groups attached to an aromatic ring is 1. The Morgan fingerprint density at radius 2 is 2.00 bits per heavy atom. The van der Waals surface area contributed by atoms with Crippen molar-refractivity contribution in [2.45, 2.75) is 45.1 Å². The molecule has 1 aliphatic heterocycles. The monoisotopic (exact) mass is 378 g/mol. The minimum atomic E-state index is -1.34. The van der Waals surface area contributed by atoms with Gasteiger partial charge in [0, 0.05) is 17.7 Å². The zero-order valence-electron chi connectivity index (χ0n) is 15.2. The van der Waals surface area contributed by atoms with E-state index in [1.165, 1.54) is 0 Å². The lowest BCUT2D eigenvalue weighted by Gasteiger charge is -2.45. The van der Waals surface area contributed by atoms with Crippen molar-refractivity contribution >= 4 is 22.6 Å². The molecule has 0 bridgehead atoms. The average molecular weight is 378 g/mol. The number of esters is 1. The normalized spacial score (nSPS) is 17.3. The molecule has 2 aliphatic rings. The fourth-order valence-electron chi connectivity index (χ4n) is 4.37. The molecule has 0 saturated heterocycles. The third-order valence-electron chi connectivity index (χ3n) is 5.78. The van der Waals surface area contributed by atoms with Gasteiger partial charge in [-0.15, -0.1) is 0 Å². The van der Waals surface area contributed by atoms with E-state index in [1.807, 2.05) is 0 Å². The number of carbonyl (C=O) groups excluding carboxylic acids is 1. The Kier molecular flexibility index (Phi) is 3.90. The van der Waals surface area contributed by atoms with Gasteiger partial charge >= 0.3 is 5.97 Å². The lowest BCUT2D eigenvalue weighted by Crippen LogP contribution is -2.43. The summed E-state index contributed by atoms with van der Waals surface area (Å²) in [5, 5.41) is -0.231. The van der Waals surface area contributed by atoms with Crippen molar-refractivity contribution in [2.75, 3.05) is 18.9 Å². The number of aromatic nitrogens is 1. The van der Waals surface area contributed by atoms with Crippen LogP contribution in [0.5, 0.6) is 5.75 Å². The van der Waals surface area contributed by atoms with Gasteiger partial charge in [-0.3, -0.25) is 4.79 Å². The number of hydrogen-bond donors (Lipinski definition) is 1. The summed E-state index contributed by atoms with van der Waals surface area (Å²) >= 11 is 0. The maximum absolute atomic E-state index is 14.6. The molecule has 2 heterocycles. The Bertz CT molecular complexity index is 1040. The molecular formula is C19H20F2N2O4. The van der Waals surface area contributed by atoms with Gasteiger partial charge in [0.2, 0.25) is 11.2 Å². The first-order chi connectivity index (χ1) is 12.8. The van der Waals surface area contributed by atoms with Gasteiger partial charge in [-0.25, -0.2) is 9.18 Å². The van der Waals surface area contributed by atoms with Crippen molar-refractivity contribution in [2.24, 2.45) is 0 Å². The number of pyridine rings is 1. The number of ether oxygens (including phenoxy) is 2. The zero-order valence-corrected chi connectivity index (χ0v) is 15.2. The number of nitrogens with zero attached hydrogens (tertiary/aromatic N) is 1. The molecule has 1 aromatic carbocycles. The quantitative estimate of drug-likeness (QED) is 0.642. The molecule has 1 aromatic heterocycles. The Balaban J connectivity index is 2.24. The molecule has 1 spiro atoms. The van der Waals surface area contributed by atoms with E-state index >= 15 is 0 Å². The second kappa shape index (κ2) is 5.94. The second-order valence-electron chi connectivity index (χ2n) is 7.12. The van der Waals surface area contributed by atoms with Crippen LogP contribution in [0, 0.1) is 18.6 Å². The van der Waals surface area contributed by atoms with Crippen LogP contribution >= 0.6 is 0 Å². The van der Waals surface area contributed by atoms with Crippen LogP contribution in [0.4, 0.5) is 14.5 Å². The minimum Gasteiger partial charge on any atom is -0.488 e. The van der Waals surface area contributed by atoms with Crippen LogP contribution in [0.1, 0.15) is 48.7 Å². The van der Waals surface area contributed by atoms with E-state index in [0.29, 0.717) is 12.1 Å². The van der Waals surface area contributed by atoms with Crippen LogP contribution in [0.2, 0.25) is 0 Å². The van der Waals surface area contributed by atoms with Crippen LogP contribution < -0.4 is 15.9 Å². The Morgan fingerprint density at radius 3 is 2.59 bits per heavy atom. The van der Waals surface area contributed by atoms with Crippen molar-refractivity contribution in [1.82, 2.24) is 4.57 Å². The maximum atomic E-state index is 14.6. The molecule has 0 atom stereocenters. The summed E-state index contributed by atoms with van der Waals surface area (Å²) in [5.74, 6) is -3.68. The maximum Gasteiger partial charge on any atom is 0.343 e. The van der Waals surface area contributed by atoms with Crippen molar-refractivity contribution in [3.63, 3.8) is 0 Å². The number of fused-ring (bicyclic) bond motifs is 1. The molecule has 144 valence electrons. The standard InChI is InChI=1S/C19H20F2N2O4/c1-3-26-18(25)10-9(2)23-15-11(16(10)24)14(22)12(20)13(21)17(15)27-8-7-19(23)5-4-6-19/h3-8,22H2,1-2H3. The molecule has 8 heteroatoms. The van der Waals surface area contributed by atoms with Gasteiger partial charge < -0.3 is 19.8 Å². The molecule has 0 radical (unpaired) electrons. The van der Waals surface area contributed by atoms with E-state index < -0.39 is 34.3 Å². The number of nitrogens with two attached hydrogens (primary N) is 1. The van der Waals surface area contributed by atoms with Crippen LogP contribution in [-0.2, 0) is 10.3 Å². The van der Waals surface area contributed by atoms with E-state index in [9.17, 15) is 18.4 Å². The second-order valence-corrected chi connectivity index (χ2v) is 7.12. The van der Waals surface area contributed by atoms with Crippen LogP contribution in [0.3, 0.4) is 0 Å². The van der Waals surface area contributed by atoms with Crippen LogP contribution in [0.25, 0.3) is 10.9 Å². The minimum absolute atomic E-state index is 0.0858. The van der Waals surface area contributed by atoms with Gasteiger partial charge in [-0.1, -0.05) is 0 Å². The highest BCUT2D eigenvalue weighted by Gasteiger charge is 2.44. The van der Waals surface area contributed by atoms with Gasteiger partial charge in [0.05, 0.1) is 24.3 Å². The molecule has 2 N–H and O–H groups in total. The number of carbonyl (C=O) groups is 1. The first-order valence-corrected chi connectivity index (χ1v) is 9.00. The highest BCUT2D eigenvalue weighted by atomic mass is 19.2. The zero-order chi connectivity index (χ0) is 19.5. The summed E-state index contributed by atoms with van der Waals surface area (Å²) in [6.45, 7) is 3.52. The molecule has 6 nitrogen and oxygen atoms in total. The highest BCUT2D eigenvalue weighted by molar-refractivity contribution is 6.01. The van der Waals surface area contributed by atoms with Gasteiger partial charge in [0.15, 0.2) is 11.6 Å². The van der Waals surface area contributed by atoms with E-state index in [-0.39, 0.29) is 35.4 Å². The summed E-state index contributed by atoms with van der Waals surface area (Å²) in [6, 6.07) is 0. The number of hydrogen-bond acceptors (Lipinski definition) is 5. The summed E-state index contributed by atoms with van der Waals surface area (Å²) in [6.07, 6.45) is 3.09. The predicted molar refractivity (Wildman–Crippen MR) is 95.2 cm³/mol. The predicted octanol–water partition coefficient (Wildman–Crippen LogP) is 3.01. The van der Waals surface area contributed by atoms with Crippen molar-refractivity contribution < 1.29 is 23.0 Å². The topological polar surface area (TPSA) is 83.5 Å². The first kappa shape index (κ1) is 17.8. The fourth-order valence-corrected chi connectivity index (χ4v) is 4.37. The number of benzene rings is 1. The molecule has 2 aromatic rings. The number of halogens is 2. The number of rotatable bonds is 2. The Hall–Kier alpha value is -2.64. The molecule has 4 rings (SSSR count). The molecule has 1 aliphatic carbocycles. The van der Waals surface area contributed by atoms with Crippen molar-refractivity contribution in [3.05, 3.63) is 33.1 Å². The molecule has 0 unspecified atom stereocenters. The Labute approximate surface area is 153 Å². The molecular weight excluding hydrogens is 358 g/mol. The summed E-state index contributed by atoms with van der Waals surface area (Å²) < 4.78 is 41.4. The van der Waals surface area contributed by atoms with E-state index in [0.717, 1.165) is 19.3 Å². The van der Waals surface area contributed by atoms with E-state index in [2.05, 4.69) is 0 Å². The lowest BCUT2D eigenvalue weighted by atomic mass is 9.73. The summed E-state index contributed by atoms with van der Waals surface area (Å²) in [4.78, 5) is 25.6. The van der Waals surface area contributed by atoms with Crippen LogP contribution in [0.15, 0.2) is 4.79 Å². The lowest BCUT2D eigenvalue weighted by molar-refractivity contribution is 0.0520. The summed E-state index contributed by atoms with van der Waals surface area (Å²) in [7, 11) is 0.